The van der Waals surface area contributed by atoms with Crippen molar-refractivity contribution in [3.8, 4) is 11.5 Å². The number of piperidine rings is 1. The largest absolute Gasteiger partial charge is 0.508 e. The Kier molecular flexibility index (Phi) is 9.79. The molecule has 12 heteroatoms. The molecule has 41 heavy (non-hydrogen) atoms. The van der Waals surface area contributed by atoms with E-state index in [-0.39, 0.29) is 47.3 Å². The molecule has 4 rings (SSSR count). The van der Waals surface area contributed by atoms with Crippen LogP contribution in [0.1, 0.15) is 41.4 Å². The second-order valence-electron chi connectivity index (χ2n) is 10.5. The summed E-state index contributed by atoms with van der Waals surface area (Å²) < 4.78 is 5.64. The summed E-state index contributed by atoms with van der Waals surface area (Å²) in [5, 5.41) is 29.7. The Balaban J connectivity index is 1.42. The molecule has 11 nitrogen and oxygen atoms in total. The summed E-state index contributed by atoms with van der Waals surface area (Å²) in [6.07, 6.45) is 1.94. The predicted octanol–water partition coefficient (Wildman–Crippen LogP) is 3.39. The molecular weight excluding hydrogens is 546 g/mol. The van der Waals surface area contributed by atoms with Crippen molar-refractivity contribution in [1.29, 1.82) is 0 Å². The SMILES string of the molecule is CCOC(=O)c1csc(NC(=O)N[C@@H](Cc2ccc(O)cc2)C(=O)N[C@H]2CCC[N+](C)(Cc3cccc(O)c3)C2)n1. The number of nitrogens with one attached hydrogen (secondary N) is 3. The van der Waals surface area contributed by atoms with Crippen molar-refractivity contribution in [3.05, 3.63) is 70.7 Å². The molecule has 0 saturated carbocycles. The number of phenolic OH excluding ortho intramolecular Hbond substituents is 2. The van der Waals surface area contributed by atoms with Crippen LogP contribution in [0.4, 0.5) is 9.93 Å². The predicted molar refractivity (Wildman–Crippen MR) is 155 cm³/mol. The number of likely N-dealkylation sites (tertiary alicyclic amines) is 1. The molecule has 3 atom stereocenters. The average molecular weight is 583 g/mol. The lowest BCUT2D eigenvalue weighted by molar-refractivity contribution is -0.927. The number of amides is 3. The second kappa shape index (κ2) is 13.5. The van der Waals surface area contributed by atoms with Gasteiger partial charge >= 0.3 is 12.0 Å². The first-order valence-electron chi connectivity index (χ1n) is 13.5. The van der Waals surface area contributed by atoms with Crippen LogP contribution in [0.2, 0.25) is 0 Å². The number of nitrogens with zero attached hydrogens (tertiary/aromatic N) is 2. The number of likely N-dealkylation sites (N-methyl/N-ethyl adjacent to an activating group) is 1. The molecular formula is C29H36N5O6S+. The maximum Gasteiger partial charge on any atom is 0.357 e. The van der Waals surface area contributed by atoms with Crippen LogP contribution in [-0.4, -0.2) is 76.4 Å². The number of hydrogen-bond donors (Lipinski definition) is 5. The minimum absolute atomic E-state index is 0.0923. The summed E-state index contributed by atoms with van der Waals surface area (Å²) >= 11 is 1.07. The van der Waals surface area contributed by atoms with E-state index >= 15 is 0 Å². The quantitative estimate of drug-likeness (QED) is 0.182. The number of thiazole rings is 1. The summed E-state index contributed by atoms with van der Waals surface area (Å²) in [4.78, 5) is 42.4. The van der Waals surface area contributed by atoms with E-state index in [1.807, 2.05) is 12.1 Å². The fraction of sp³-hybridized carbons (Fsp3) is 0.379. The molecule has 218 valence electrons. The number of esters is 1. The van der Waals surface area contributed by atoms with Crippen LogP contribution in [-0.2, 0) is 22.5 Å². The fourth-order valence-electron chi connectivity index (χ4n) is 5.09. The molecule has 1 saturated heterocycles. The smallest absolute Gasteiger partial charge is 0.357 e. The zero-order chi connectivity index (χ0) is 29.4. The van der Waals surface area contributed by atoms with Gasteiger partial charge in [-0.15, -0.1) is 11.3 Å². The maximum atomic E-state index is 13.5. The monoisotopic (exact) mass is 582 g/mol. The van der Waals surface area contributed by atoms with Gasteiger partial charge in [0.15, 0.2) is 10.8 Å². The lowest BCUT2D eigenvalue weighted by Gasteiger charge is -2.42. The van der Waals surface area contributed by atoms with Gasteiger partial charge in [-0.25, -0.2) is 14.6 Å². The molecule has 3 amide bonds. The number of aromatic nitrogens is 1. The topological polar surface area (TPSA) is 150 Å². The molecule has 0 bridgehead atoms. The Morgan fingerprint density at radius 2 is 1.90 bits per heavy atom. The number of quaternary nitrogens is 1. The standard InChI is InChI=1S/C29H35N5O6S/c1-3-40-27(38)25-18-41-29(32-25)33-28(39)31-24(15-19-9-11-22(35)12-10-19)26(37)30-21-7-5-13-34(2,17-21)16-20-6-4-8-23(36)14-20/h4,6,8-12,14,18,21,24H,3,5,7,13,15-17H2,1-2H3,(H4-,30,31,32,33,35,36,37,39)/p+1/t21-,24-,34?/m0/s1. The summed E-state index contributed by atoms with van der Waals surface area (Å²) in [5.74, 6) is -0.570. The van der Waals surface area contributed by atoms with Crippen LogP contribution < -0.4 is 16.0 Å². The van der Waals surface area contributed by atoms with Gasteiger partial charge < -0.3 is 30.1 Å². The van der Waals surface area contributed by atoms with E-state index < -0.39 is 18.0 Å². The van der Waals surface area contributed by atoms with Crippen molar-refractivity contribution >= 4 is 34.4 Å². The van der Waals surface area contributed by atoms with Gasteiger partial charge in [0.2, 0.25) is 5.91 Å². The molecule has 1 aliphatic rings. The number of ether oxygens (including phenoxy) is 1. The van der Waals surface area contributed by atoms with Crippen molar-refractivity contribution in [2.45, 2.75) is 44.8 Å². The number of carbonyl (C=O) groups excluding carboxylic acids is 3. The van der Waals surface area contributed by atoms with Crippen LogP contribution in [0.3, 0.4) is 0 Å². The van der Waals surface area contributed by atoms with E-state index in [0.29, 0.717) is 11.0 Å². The number of anilines is 1. The van der Waals surface area contributed by atoms with Crippen LogP contribution in [0.5, 0.6) is 11.5 Å². The number of rotatable bonds is 10. The molecule has 2 heterocycles. The van der Waals surface area contributed by atoms with Crippen molar-refractivity contribution in [2.75, 3.05) is 32.1 Å². The Morgan fingerprint density at radius 3 is 2.63 bits per heavy atom. The Bertz CT molecular complexity index is 1360. The molecule has 1 unspecified atom stereocenters. The van der Waals surface area contributed by atoms with Crippen LogP contribution in [0.25, 0.3) is 0 Å². The number of carbonyl (C=O) groups is 3. The number of benzene rings is 2. The third-order valence-electron chi connectivity index (χ3n) is 6.94. The van der Waals surface area contributed by atoms with Gasteiger partial charge in [0.25, 0.3) is 0 Å². The molecule has 1 aromatic heterocycles. The highest BCUT2D eigenvalue weighted by molar-refractivity contribution is 7.14. The summed E-state index contributed by atoms with van der Waals surface area (Å²) in [6.45, 7) is 4.27. The van der Waals surface area contributed by atoms with Crippen molar-refractivity contribution in [1.82, 2.24) is 15.6 Å². The zero-order valence-electron chi connectivity index (χ0n) is 23.1. The van der Waals surface area contributed by atoms with E-state index in [9.17, 15) is 24.6 Å². The third-order valence-corrected chi connectivity index (χ3v) is 7.70. The van der Waals surface area contributed by atoms with Crippen LogP contribution in [0, 0.1) is 0 Å². The molecule has 2 aromatic carbocycles. The molecule has 0 aliphatic carbocycles. The Hall–Kier alpha value is -4.16. The van der Waals surface area contributed by atoms with Crippen molar-refractivity contribution in [2.24, 2.45) is 0 Å². The molecule has 3 aromatic rings. The summed E-state index contributed by atoms with van der Waals surface area (Å²) in [5.41, 5.74) is 1.88. The summed E-state index contributed by atoms with van der Waals surface area (Å²) in [6, 6.07) is 12.0. The van der Waals surface area contributed by atoms with Gasteiger partial charge in [0, 0.05) is 17.4 Å². The maximum absolute atomic E-state index is 13.5. The van der Waals surface area contributed by atoms with Gasteiger partial charge in [-0.1, -0.05) is 24.3 Å². The van der Waals surface area contributed by atoms with Crippen LogP contribution >= 0.6 is 11.3 Å². The highest BCUT2D eigenvalue weighted by Gasteiger charge is 2.34. The Morgan fingerprint density at radius 1 is 1.12 bits per heavy atom. The molecule has 0 spiro atoms. The van der Waals surface area contributed by atoms with E-state index in [2.05, 4.69) is 28.0 Å². The van der Waals surface area contributed by atoms with E-state index in [1.54, 1.807) is 31.2 Å². The van der Waals surface area contributed by atoms with E-state index in [1.165, 1.54) is 17.5 Å². The average Bonchev–Trinajstić information content (AvgIpc) is 3.38. The van der Waals surface area contributed by atoms with E-state index in [0.717, 1.165) is 48.4 Å². The Labute approximate surface area is 242 Å². The van der Waals surface area contributed by atoms with Gasteiger partial charge in [0.1, 0.15) is 24.1 Å². The number of aromatic hydroxyl groups is 2. The highest BCUT2D eigenvalue weighted by Crippen LogP contribution is 2.23. The second-order valence-corrected chi connectivity index (χ2v) is 11.3. The van der Waals surface area contributed by atoms with Gasteiger partial charge in [-0.3, -0.25) is 10.1 Å². The zero-order valence-corrected chi connectivity index (χ0v) is 23.9. The summed E-state index contributed by atoms with van der Waals surface area (Å²) in [7, 11) is 2.14. The lowest BCUT2D eigenvalue weighted by atomic mass is 10.00. The number of urea groups is 1. The van der Waals surface area contributed by atoms with Gasteiger partial charge in [0.05, 0.1) is 32.8 Å². The normalized spacial score (nSPS) is 19.1. The molecule has 1 fully saturated rings. The van der Waals surface area contributed by atoms with Crippen LogP contribution in [0.15, 0.2) is 53.9 Å². The van der Waals surface area contributed by atoms with E-state index in [4.69, 9.17) is 4.74 Å². The molecule has 0 radical (unpaired) electrons. The highest BCUT2D eigenvalue weighted by atomic mass is 32.1. The minimum atomic E-state index is -0.907. The van der Waals surface area contributed by atoms with Crippen molar-refractivity contribution in [3.63, 3.8) is 0 Å². The van der Waals surface area contributed by atoms with Gasteiger partial charge in [-0.2, -0.15) is 0 Å². The van der Waals surface area contributed by atoms with Crippen molar-refractivity contribution < 1.29 is 33.8 Å². The number of hydrogen-bond acceptors (Lipinski definition) is 8. The fourth-order valence-corrected chi connectivity index (χ4v) is 5.77. The molecule has 5 N–H and O–H groups in total. The lowest BCUT2D eigenvalue weighted by Crippen LogP contribution is -2.59. The first-order chi connectivity index (χ1) is 19.6. The third kappa shape index (κ3) is 8.66. The first kappa shape index (κ1) is 29.8. The molecule has 1 aliphatic heterocycles. The van der Waals surface area contributed by atoms with Gasteiger partial charge in [-0.05, 0) is 49.6 Å². The number of phenols is 2. The first-order valence-corrected chi connectivity index (χ1v) is 14.4. The minimum Gasteiger partial charge on any atom is -0.508 e.